The standard InChI is InChI=1S/C31H23BrN2O4S2/c32-23-8-2-1-7-21(23)19-37-28-18-22(14-13-20(28)17-29-30(35)33-31(39)40-29)36-16-15-34-24-9-3-5-11-26(24)38-27-12-6-4-10-25(27)34/h1-14,17-18H,15-16,19H2,(H,33,35,39). The van der Waals surface area contributed by atoms with Gasteiger partial charge < -0.3 is 24.4 Å². The van der Waals surface area contributed by atoms with Gasteiger partial charge in [-0.15, -0.1) is 0 Å². The van der Waals surface area contributed by atoms with Gasteiger partial charge in [0.15, 0.2) is 11.5 Å². The zero-order chi connectivity index (χ0) is 27.5. The molecule has 6 rings (SSSR count). The van der Waals surface area contributed by atoms with E-state index in [1.54, 1.807) is 6.08 Å². The molecule has 6 nitrogen and oxygen atoms in total. The minimum Gasteiger partial charge on any atom is -0.492 e. The molecule has 4 aromatic carbocycles. The van der Waals surface area contributed by atoms with Crippen LogP contribution in [-0.4, -0.2) is 23.4 Å². The Morgan fingerprint density at radius 2 is 1.62 bits per heavy atom. The van der Waals surface area contributed by atoms with E-state index in [0.29, 0.717) is 40.5 Å². The highest BCUT2D eigenvalue weighted by Crippen LogP contribution is 2.46. The maximum Gasteiger partial charge on any atom is 0.263 e. The van der Waals surface area contributed by atoms with Gasteiger partial charge in [0.1, 0.15) is 29.0 Å². The predicted octanol–water partition coefficient (Wildman–Crippen LogP) is 7.84. The molecule has 200 valence electrons. The van der Waals surface area contributed by atoms with Gasteiger partial charge in [0.05, 0.1) is 22.8 Å². The number of rotatable bonds is 8. The first-order valence-corrected chi connectivity index (χ1v) is 14.6. The van der Waals surface area contributed by atoms with Crippen LogP contribution in [0.1, 0.15) is 11.1 Å². The third kappa shape index (κ3) is 5.72. The fraction of sp³-hybridized carbons (Fsp3) is 0.0968. The molecule has 2 aliphatic heterocycles. The van der Waals surface area contributed by atoms with Crippen molar-refractivity contribution in [3.8, 4) is 23.0 Å². The van der Waals surface area contributed by atoms with E-state index in [9.17, 15) is 4.79 Å². The lowest BCUT2D eigenvalue weighted by Crippen LogP contribution is -2.26. The highest BCUT2D eigenvalue weighted by Gasteiger charge is 2.24. The molecule has 1 amide bonds. The highest BCUT2D eigenvalue weighted by atomic mass is 79.9. The number of carbonyl (C=O) groups is 1. The monoisotopic (exact) mass is 630 g/mol. The summed E-state index contributed by atoms with van der Waals surface area (Å²) in [4.78, 5) is 15.0. The molecule has 0 radical (unpaired) electrons. The second kappa shape index (κ2) is 11.8. The van der Waals surface area contributed by atoms with Crippen LogP contribution in [0, 0.1) is 0 Å². The molecule has 0 bridgehead atoms. The van der Waals surface area contributed by atoms with Crippen LogP contribution in [0.5, 0.6) is 23.0 Å². The Kier molecular flexibility index (Phi) is 7.77. The van der Waals surface area contributed by atoms with Crippen LogP contribution < -0.4 is 24.4 Å². The van der Waals surface area contributed by atoms with Gasteiger partial charge in [-0.05, 0) is 48.5 Å². The molecule has 2 aliphatic rings. The number of nitrogens with one attached hydrogen (secondary N) is 1. The van der Waals surface area contributed by atoms with E-state index >= 15 is 0 Å². The number of anilines is 2. The molecule has 2 heterocycles. The topological polar surface area (TPSA) is 60.0 Å². The van der Waals surface area contributed by atoms with Crippen molar-refractivity contribution in [3.05, 3.63) is 112 Å². The summed E-state index contributed by atoms with van der Waals surface area (Å²) in [6.07, 6.45) is 1.79. The number of hydrogen-bond acceptors (Lipinski definition) is 7. The van der Waals surface area contributed by atoms with E-state index in [2.05, 4.69) is 26.1 Å². The average molecular weight is 632 g/mol. The third-order valence-electron chi connectivity index (χ3n) is 6.37. The predicted molar refractivity (Wildman–Crippen MR) is 167 cm³/mol. The number of ether oxygens (including phenoxy) is 3. The first kappa shape index (κ1) is 26.4. The summed E-state index contributed by atoms with van der Waals surface area (Å²) >= 11 is 9.97. The Bertz CT molecular complexity index is 1600. The molecule has 0 aromatic heterocycles. The summed E-state index contributed by atoms with van der Waals surface area (Å²) in [6, 6.07) is 29.5. The van der Waals surface area contributed by atoms with Crippen molar-refractivity contribution >= 4 is 67.6 Å². The van der Waals surface area contributed by atoms with Crippen molar-refractivity contribution in [2.45, 2.75) is 6.61 Å². The van der Waals surface area contributed by atoms with Gasteiger partial charge in [-0.1, -0.05) is 82.4 Å². The molecule has 1 fully saturated rings. The number of fused-ring (bicyclic) bond motifs is 2. The molecule has 0 spiro atoms. The molecule has 0 aliphatic carbocycles. The van der Waals surface area contributed by atoms with Gasteiger partial charge in [0.25, 0.3) is 5.91 Å². The molecule has 0 atom stereocenters. The summed E-state index contributed by atoms with van der Waals surface area (Å²) in [7, 11) is 0. The van der Waals surface area contributed by atoms with Crippen LogP contribution >= 0.6 is 39.9 Å². The smallest absolute Gasteiger partial charge is 0.263 e. The molecular formula is C31H23BrN2O4S2. The maximum absolute atomic E-state index is 12.3. The lowest BCUT2D eigenvalue weighted by atomic mass is 10.1. The molecule has 9 heteroatoms. The molecule has 0 unspecified atom stereocenters. The van der Waals surface area contributed by atoms with Crippen LogP contribution in [-0.2, 0) is 11.4 Å². The van der Waals surface area contributed by atoms with Gasteiger partial charge in [-0.3, -0.25) is 4.79 Å². The number of carbonyl (C=O) groups excluding carboxylic acids is 1. The maximum atomic E-state index is 12.3. The molecule has 1 saturated heterocycles. The number of thioether (sulfide) groups is 1. The lowest BCUT2D eigenvalue weighted by Gasteiger charge is -2.32. The third-order valence-corrected chi connectivity index (χ3v) is 8.31. The second-order valence-corrected chi connectivity index (χ2v) is 11.5. The largest absolute Gasteiger partial charge is 0.492 e. The van der Waals surface area contributed by atoms with E-state index in [4.69, 9.17) is 26.4 Å². The van der Waals surface area contributed by atoms with E-state index in [1.807, 2.05) is 91.0 Å². The van der Waals surface area contributed by atoms with E-state index in [1.165, 1.54) is 11.8 Å². The fourth-order valence-corrected chi connectivity index (χ4v) is 5.89. The van der Waals surface area contributed by atoms with Crippen LogP contribution in [0.25, 0.3) is 6.08 Å². The summed E-state index contributed by atoms with van der Waals surface area (Å²) < 4.78 is 20.0. The molecular weight excluding hydrogens is 608 g/mol. The van der Waals surface area contributed by atoms with Gasteiger partial charge in [-0.2, -0.15) is 0 Å². The number of benzene rings is 4. The minimum absolute atomic E-state index is 0.210. The average Bonchev–Trinajstić information content (AvgIpc) is 3.29. The summed E-state index contributed by atoms with van der Waals surface area (Å²) in [6.45, 7) is 1.39. The van der Waals surface area contributed by atoms with Crippen molar-refractivity contribution in [1.82, 2.24) is 5.32 Å². The van der Waals surface area contributed by atoms with Crippen molar-refractivity contribution in [2.24, 2.45) is 0 Å². The molecule has 4 aromatic rings. The van der Waals surface area contributed by atoms with Gasteiger partial charge in [-0.25, -0.2) is 0 Å². The van der Waals surface area contributed by atoms with E-state index in [-0.39, 0.29) is 5.91 Å². The molecule has 0 saturated carbocycles. The minimum atomic E-state index is -0.210. The van der Waals surface area contributed by atoms with E-state index in [0.717, 1.165) is 38.5 Å². The number of nitrogens with zero attached hydrogens (tertiary/aromatic N) is 1. The van der Waals surface area contributed by atoms with Gasteiger partial charge >= 0.3 is 0 Å². The Hall–Kier alpha value is -3.79. The lowest BCUT2D eigenvalue weighted by molar-refractivity contribution is -0.115. The number of amides is 1. The summed E-state index contributed by atoms with van der Waals surface area (Å²) in [5.74, 6) is 2.69. The zero-order valence-electron chi connectivity index (χ0n) is 21.1. The van der Waals surface area contributed by atoms with Crippen LogP contribution in [0.3, 0.4) is 0 Å². The SMILES string of the molecule is O=C1NC(=S)SC1=Cc1ccc(OCCN2c3ccccc3Oc3ccccc32)cc1OCc1ccccc1Br. The van der Waals surface area contributed by atoms with Crippen molar-refractivity contribution in [2.75, 3.05) is 18.1 Å². The van der Waals surface area contributed by atoms with Crippen molar-refractivity contribution in [3.63, 3.8) is 0 Å². The fourth-order valence-electron chi connectivity index (χ4n) is 4.46. The van der Waals surface area contributed by atoms with Crippen LogP contribution in [0.4, 0.5) is 11.4 Å². The van der Waals surface area contributed by atoms with Gasteiger partial charge in [0, 0.05) is 21.7 Å². The summed E-state index contributed by atoms with van der Waals surface area (Å²) in [5.41, 5.74) is 3.76. The summed E-state index contributed by atoms with van der Waals surface area (Å²) in [5, 5.41) is 2.66. The Morgan fingerprint density at radius 3 is 2.33 bits per heavy atom. The van der Waals surface area contributed by atoms with Gasteiger partial charge in [0.2, 0.25) is 0 Å². The molecule has 1 N–H and O–H groups in total. The first-order chi connectivity index (χ1) is 19.5. The van der Waals surface area contributed by atoms with Crippen LogP contribution in [0.2, 0.25) is 0 Å². The number of halogens is 1. The number of hydrogen-bond donors (Lipinski definition) is 1. The van der Waals surface area contributed by atoms with Crippen molar-refractivity contribution < 1.29 is 19.0 Å². The first-order valence-electron chi connectivity index (χ1n) is 12.6. The Balaban J connectivity index is 1.22. The highest BCUT2D eigenvalue weighted by molar-refractivity contribution is 9.10. The normalized spacial score (nSPS) is 14.8. The van der Waals surface area contributed by atoms with Crippen molar-refractivity contribution in [1.29, 1.82) is 0 Å². The quantitative estimate of drug-likeness (QED) is 0.157. The Morgan fingerprint density at radius 1 is 0.925 bits per heavy atom. The number of para-hydroxylation sites is 4. The Labute approximate surface area is 250 Å². The zero-order valence-corrected chi connectivity index (χ0v) is 24.4. The number of thiocarbonyl (C=S) groups is 1. The van der Waals surface area contributed by atoms with Crippen LogP contribution in [0.15, 0.2) is 100 Å². The van der Waals surface area contributed by atoms with E-state index < -0.39 is 0 Å². The second-order valence-electron chi connectivity index (χ2n) is 8.97. The molecule has 40 heavy (non-hydrogen) atoms.